The van der Waals surface area contributed by atoms with E-state index in [0.29, 0.717) is 18.7 Å². The van der Waals surface area contributed by atoms with Crippen molar-refractivity contribution in [3.63, 3.8) is 0 Å². The number of sulfonamides is 1. The lowest BCUT2D eigenvalue weighted by atomic mass is 10.2. The molecule has 0 spiro atoms. The highest BCUT2D eigenvalue weighted by atomic mass is 32.2. The van der Waals surface area contributed by atoms with E-state index in [4.69, 9.17) is 4.74 Å². The van der Waals surface area contributed by atoms with Gasteiger partial charge in [-0.1, -0.05) is 18.2 Å². The van der Waals surface area contributed by atoms with Gasteiger partial charge < -0.3 is 10.1 Å². The highest BCUT2D eigenvalue weighted by molar-refractivity contribution is 7.92. The summed E-state index contributed by atoms with van der Waals surface area (Å²) < 4.78 is 31.6. The maximum Gasteiger partial charge on any atom is 0.232 e. The Labute approximate surface area is 115 Å². The Morgan fingerprint density at radius 2 is 1.95 bits per heavy atom. The normalized spacial score (nSPS) is 11.5. The predicted octanol–water partition coefficient (Wildman–Crippen LogP) is 1.57. The van der Waals surface area contributed by atoms with Gasteiger partial charge in [0, 0.05) is 12.7 Å². The Morgan fingerprint density at radius 1 is 1.21 bits per heavy atom. The van der Waals surface area contributed by atoms with Crippen molar-refractivity contribution in [1.29, 1.82) is 0 Å². The van der Waals surface area contributed by atoms with Gasteiger partial charge in [-0.15, -0.1) is 0 Å². The summed E-state index contributed by atoms with van der Waals surface area (Å²) in [5.74, 6) is 0.135. The third-order valence-corrected chi connectivity index (χ3v) is 4.03. The van der Waals surface area contributed by atoms with Crippen molar-refractivity contribution in [2.45, 2.75) is 19.4 Å². The molecule has 2 N–H and O–H groups in total. The SMILES string of the molecule is CNCCCCS(=O)(=O)Nc1ccccc1COC. The molecule has 0 saturated heterocycles. The zero-order valence-corrected chi connectivity index (χ0v) is 12.3. The van der Waals surface area contributed by atoms with E-state index in [1.165, 1.54) is 0 Å². The van der Waals surface area contributed by atoms with Gasteiger partial charge >= 0.3 is 0 Å². The van der Waals surface area contributed by atoms with Gasteiger partial charge in [0.2, 0.25) is 10.0 Å². The second-order valence-electron chi connectivity index (χ2n) is 4.32. The zero-order valence-electron chi connectivity index (χ0n) is 11.5. The van der Waals surface area contributed by atoms with Crippen LogP contribution in [0.2, 0.25) is 0 Å². The summed E-state index contributed by atoms with van der Waals surface area (Å²) in [7, 11) is 0.152. The molecule has 0 aliphatic heterocycles. The van der Waals surface area contributed by atoms with E-state index >= 15 is 0 Å². The van der Waals surface area contributed by atoms with Crippen molar-refractivity contribution < 1.29 is 13.2 Å². The second-order valence-corrected chi connectivity index (χ2v) is 6.16. The van der Waals surface area contributed by atoms with Crippen molar-refractivity contribution in [2.24, 2.45) is 0 Å². The molecule has 6 heteroatoms. The van der Waals surface area contributed by atoms with Crippen molar-refractivity contribution in [2.75, 3.05) is 31.2 Å². The molecule has 108 valence electrons. The van der Waals surface area contributed by atoms with Crippen molar-refractivity contribution >= 4 is 15.7 Å². The van der Waals surface area contributed by atoms with Crippen LogP contribution in [0.1, 0.15) is 18.4 Å². The molecular formula is C13H22N2O3S. The molecule has 1 aromatic carbocycles. The van der Waals surface area contributed by atoms with E-state index in [0.717, 1.165) is 18.5 Å². The molecule has 0 aliphatic rings. The molecule has 0 heterocycles. The minimum absolute atomic E-state index is 0.135. The van der Waals surface area contributed by atoms with Gasteiger partial charge in [-0.25, -0.2) is 8.42 Å². The van der Waals surface area contributed by atoms with Gasteiger partial charge in [0.25, 0.3) is 0 Å². The first-order valence-electron chi connectivity index (χ1n) is 6.31. The van der Waals surface area contributed by atoms with E-state index in [1.54, 1.807) is 19.2 Å². The topological polar surface area (TPSA) is 67.4 Å². The average molecular weight is 286 g/mol. The summed E-state index contributed by atoms with van der Waals surface area (Å²) in [4.78, 5) is 0. The van der Waals surface area contributed by atoms with E-state index < -0.39 is 10.0 Å². The van der Waals surface area contributed by atoms with Crippen LogP contribution in [0.3, 0.4) is 0 Å². The second kappa shape index (κ2) is 8.14. The Hall–Kier alpha value is -1.11. The Bertz CT molecular complexity index is 475. The summed E-state index contributed by atoms with van der Waals surface area (Å²) >= 11 is 0. The van der Waals surface area contributed by atoms with Crippen LogP contribution in [0, 0.1) is 0 Å². The number of benzene rings is 1. The minimum Gasteiger partial charge on any atom is -0.380 e. The Morgan fingerprint density at radius 3 is 2.63 bits per heavy atom. The van der Waals surface area contributed by atoms with Crippen molar-refractivity contribution in [3.05, 3.63) is 29.8 Å². The van der Waals surface area contributed by atoms with E-state index in [-0.39, 0.29) is 5.75 Å². The van der Waals surface area contributed by atoms with Gasteiger partial charge in [-0.2, -0.15) is 0 Å². The Balaban J connectivity index is 2.62. The first kappa shape index (κ1) is 15.9. The number of hydrogen-bond donors (Lipinski definition) is 2. The van der Waals surface area contributed by atoms with Crippen LogP contribution in [0.25, 0.3) is 0 Å². The number of rotatable bonds is 9. The molecule has 5 nitrogen and oxygen atoms in total. The van der Waals surface area contributed by atoms with Gasteiger partial charge in [0.15, 0.2) is 0 Å². The molecule has 1 aromatic rings. The summed E-state index contributed by atoms with van der Waals surface area (Å²) in [6.45, 7) is 1.22. The average Bonchev–Trinajstić information content (AvgIpc) is 2.37. The fourth-order valence-electron chi connectivity index (χ4n) is 1.71. The van der Waals surface area contributed by atoms with Crippen LogP contribution in [-0.4, -0.2) is 34.9 Å². The molecule has 0 amide bonds. The number of unbranched alkanes of at least 4 members (excludes halogenated alkanes) is 1. The first-order valence-corrected chi connectivity index (χ1v) is 7.96. The molecule has 0 aliphatic carbocycles. The number of nitrogens with one attached hydrogen (secondary N) is 2. The molecule has 0 radical (unpaired) electrons. The number of para-hydroxylation sites is 1. The van der Waals surface area contributed by atoms with E-state index in [9.17, 15) is 8.42 Å². The van der Waals surface area contributed by atoms with Gasteiger partial charge in [-0.3, -0.25) is 4.72 Å². The summed E-state index contributed by atoms with van der Waals surface area (Å²) in [5, 5.41) is 3.00. The number of anilines is 1. The molecule has 0 atom stereocenters. The highest BCUT2D eigenvalue weighted by Gasteiger charge is 2.12. The zero-order chi connectivity index (χ0) is 14.1. The molecular weight excluding hydrogens is 264 g/mol. The minimum atomic E-state index is -3.29. The monoisotopic (exact) mass is 286 g/mol. The molecule has 0 aromatic heterocycles. The summed E-state index contributed by atoms with van der Waals surface area (Å²) in [6.07, 6.45) is 1.49. The molecule has 1 rings (SSSR count). The van der Waals surface area contributed by atoms with Crippen molar-refractivity contribution in [1.82, 2.24) is 5.32 Å². The van der Waals surface area contributed by atoms with Gasteiger partial charge in [0.1, 0.15) is 0 Å². The lowest BCUT2D eigenvalue weighted by Crippen LogP contribution is -2.19. The standard InChI is InChI=1S/C13H22N2O3S/c1-14-9-5-6-10-19(16,17)15-13-8-4-3-7-12(13)11-18-2/h3-4,7-8,14-15H,5-6,9-11H2,1-2H3. The number of methoxy groups -OCH3 is 1. The molecule has 0 unspecified atom stereocenters. The molecule has 19 heavy (non-hydrogen) atoms. The van der Waals surface area contributed by atoms with Crippen LogP contribution in [0.5, 0.6) is 0 Å². The van der Waals surface area contributed by atoms with Crippen LogP contribution in [0.15, 0.2) is 24.3 Å². The van der Waals surface area contributed by atoms with Crippen LogP contribution >= 0.6 is 0 Å². The lowest BCUT2D eigenvalue weighted by molar-refractivity contribution is 0.185. The Kier molecular flexibility index (Phi) is 6.83. The quantitative estimate of drug-likeness (QED) is 0.676. The molecule has 0 fully saturated rings. The van der Waals surface area contributed by atoms with Crippen LogP contribution < -0.4 is 10.0 Å². The third kappa shape index (κ3) is 6.04. The van der Waals surface area contributed by atoms with E-state index in [2.05, 4.69) is 10.0 Å². The predicted molar refractivity (Wildman–Crippen MR) is 77.7 cm³/mol. The number of hydrogen-bond acceptors (Lipinski definition) is 4. The summed E-state index contributed by atoms with van der Waals surface area (Å²) in [6, 6.07) is 7.26. The van der Waals surface area contributed by atoms with E-state index in [1.807, 2.05) is 19.2 Å². The fraction of sp³-hybridized carbons (Fsp3) is 0.538. The van der Waals surface area contributed by atoms with Gasteiger partial charge in [0.05, 0.1) is 18.0 Å². The largest absolute Gasteiger partial charge is 0.380 e. The molecule has 0 bridgehead atoms. The third-order valence-electron chi connectivity index (χ3n) is 2.67. The van der Waals surface area contributed by atoms with Gasteiger partial charge in [-0.05, 0) is 32.5 Å². The summed E-state index contributed by atoms with van der Waals surface area (Å²) in [5.41, 5.74) is 1.43. The van der Waals surface area contributed by atoms with Crippen molar-refractivity contribution in [3.8, 4) is 0 Å². The highest BCUT2D eigenvalue weighted by Crippen LogP contribution is 2.17. The molecule has 0 saturated carbocycles. The number of ether oxygens (including phenoxy) is 1. The fourth-order valence-corrected chi connectivity index (χ4v) is 2.93. The lowest BCUT2D eigenvalue weighted by Gasteiger charge is -2.12. The van der Waals surface area contributed by atoms with Crippen LogP contribution in [-0.2, 0) is 21.4 Å². The van der Waals surface area contributed by atoms with Crippen LogP contribution in [0.4, 0.5) is 5.69 Å². The smallest absolute Gasteiger partial charge is 0.232 e. The maximum atomic E-state index is 11.9. The first-order chi connectivity index (χ1) is 9.09. The maximum absolute atomic E-state index is 11.9.